The summed E-state index contributed by atoms with van der Waals surface area (Å²) >= 11 is 0. The zero-order chi connectivity index (χ0) is 21.2. The predicted molar refractivity (Wildman–Crippen MR) is 117 cm³/mol. The molecule has 3 aromatic rings. The van der Waals surface area contributed by atoms with Gasteiger partial charge >= 0.3 is 0 Å². The Morgan fingerprint density at radius 2 is 1.34 bits per heavy atom. The van der Waals surface area contributed by atoms with Gasteiger partial charge in [-0.25, -0.2) is 8.42 Å². The molecule has 2 N–H and O–H groups in total. The quantitative estimate of drug-likeness (QED) is 0.626. The summed E-state index contributed by atoms with van der Waals surface area (Å²) in [6.45, 7) is 7.60. The lowest BCUT2D eigenvalue weighted by Gasteiger charge is -2.13. The van der Waals surface area contributed by atoms with Gasteiger partial charge in [0.05, 0.1) is 4.90 Å². The van der Waals surface area contributed by atoms with E-state index in [0.29, 0.717) is 16.9 Å². The average molecular weight is 409 g/mol. The first kappa shape index (κ1) is 20.6. The minimum atomic E-state index is -3.83. The molecule has 0 atom stereocenters. The Bertz CT molecular complexity index is 1170. The Balaban J connectivity index is 1.87. The van der Waals surface area contributed by atoms with Gasteiger partial charge in [0, 0.05) is 16.9 Å². The third-order valence-corrected chi connectivity index (χ3v) is 6.33. The summed E-state index contributed by atoms with van der Waals surface area (Å²) in [4.78, 5) is 12.7. The molecule has 0 bridgehead atoms. The van der Waals surface area contributed by atoms with Crippen LogP contribution in [0.4, 0.5) is 11.4 Å². The zero-order valence-corrected chi connectivity index (χ0v) is 17.7. The maximum atomic E-state index is 12.9. The summed E-state index contributed by atoms with van der Waals surface area (Å²) in [5.74, 6) is -0.361. The van der Waals surface area contributed by atoms with Crippen molar-refractivity contribution < 1.29 is 13.2 Å². The van der Waals surface area contributed by atoms with Crippen molar-refractivity contribution in [2.75, 3.05) is 10.0 Å². The summed E-state index contributed by atoms with van der Waals surface area (Å²) in [6.07, 6.45) is 0. The first-order valence-electron chi connectivity index (χ1n) is 9.24. The van der Waals surface area contributed by atoms with Crippen LogP contribution in [-0.4, -0.2) is 14.3 Å². The van der Waals surface area contributed by atoms with Crippen LogP contribution in [0.15, 0.2) is 65.6 Å². The molecule has 0 saturated heterocycles. The van der Waals surface area contributed by atoms with E-state index in [2.05, 4.69) is 10.0 Å². The van der Waals surface area contributed by atoms with Crippen molar-refractivity contribution >= 4 is 27.3 Å². The van der Waals surface area contributed by atoms with E-state index in [9.17, 15) is 13.2 Å². The molecule has 150 valence electrons. The van der Waals surface area contributed by atoms with Gasteiger partial charge in [-0.2, -0.15) is 0 Å². The van der Waals surface area contributed by atoms with Gasteiger partial charge in [-0.1, -0.05) is 29.8 Å². The van der Waals surface area contributed by atoms with Crippen molar-refractivity contribution in [2.24, 2.45) is 0 Å². The highest BCUT2D eigenvalue weighted by molar-refractivity contribution is 7.92. The molecule has 0 spiro atoms. The second-order valence-corrected chi connectivity index (χ2v) is 8.86. The fourth-order valence-electron chi connectivity index (χ4n) is 2.89. The second kappa shape index (κ2) is 8.09. The Morgan fingerprint density at radius 3 is 2.00 bits per heavy atom. The molecule has 6 heteroatoms. The SMILES string of the molecule is Cc1ccc(NS(=O)(=O)c2cc(C(=O)Nc3ccc(C)c(C)c3)ccc2C)cc1. The minimum Gasteiger partial charge on any atom is -0.322 e. The molecule has 1 amide bonds. The van der Waals surface area contributed by atoms with E-state index in [4.69, 9.17) is 0 Å². The van der Waals surface area contributed by atoms with Crippen molar-refractivity contribution in [3.8, 4) is 0 Å². The summed E-state index contributed by atoms with van der Waals surface area (Å²) in [5, 5.41) is 2.83. The summed E-state index contributed by atoms with van der Waals surface area (Å²) in [6, 6.07) is 17.4. The highest BCUT2D eigenvalue weighted by Gasteiger charge is 2.19. The number of nitrogens with one attached hydrogen (secondary N) is 2. The molecule has 0 unspecified atom stereocenters. The maximum Gasteiger partial charge on any atom is 0.262 e. The van der Waals surface area contributed by atoms with Crippen LogP contribution in [0.25, 0.3) is 0 Å². The molecule has 0 fully saturated rings. The molecule has 29 heavy (non-hydrogen) atoms. The normalized spacial score (nSPS) is 11.2. The molecule has 3 aromatic carbocycles. The van der Waals surface area contributed by atoms with Crippen LogP contribution in [0.5, 0.6) is 0 Å². The van der Waals surface area contributed by atoms with E-state index in [1.807, 2.05) is 51.1 Å². The Hall–Kier alpha value is -3.12. The average Bonchev–Trinajstić information content (AvgIpc) is 2.66. The van der Waals surface area contributed by atoms with Gasteiger partial charge in [-0.05, 0) is 80.8 Å². The van der Waals surface area contributed by atoms with Crippen molar-refractivity contribution in [3.63, 3.8) is 0 Å². The molecule has 3 rings (SSSR count). The number of hydrogen-bond acceptors (Lipinski definition) is 3. The third-order valence-electron chi connectivity index (χ3n) is 4.81. The number of rotatable bonds is 5. The van der Waals surface area contributed by atoms with Crippen LogP contribution < -0.4 is 10.0 Å². The van der Waals surface area contributed by atoms with Crippen LogP contribution >= 0.6 is 0 Å². The van der Waals surface area contributed by atoms with Gasteiger partial charge in [0.1, 0.15) is 0 Å². The van der Waals surface area contributed by atoms with Gasteiger partial charge in [-0.15, -0.1) is 0 Å². The fourth-order valence-corrected chi connectivity index (χ4v) is 4.22. The number of aryl methyl sites for hydroxylation is 4. The van der Waals surface area contributed by atoms with Crippen molar-refractivity contribution in [1.29, 1.82) is 0 Å². The van der Waals surface area contributed by atoms with Crippen LogP contribution in [0, 0.1) is 27.7 Å². The number of anilines is 2. The van der Waals surface area contributed by atoms with Gasteiger partial charge in [0.25, 0.3) is 15.9 Å². The van der Waals surface area contributed by atoms with E-state index in [1.165, 1.54) is 6.07 Å². The van der Waals surface area contributed by atoms with E-state index < -0.39 is 10.0 Å². The summed E-state index contributed by atoms with van der Waals surface area (Å²) < 4.78 is 28.3. The molecule has 0 heterocycles. The molecule has 0 aromatic heterocycles. The highest BCUT2D eigenvalue weighted by atomic mass is 32.2. The molecule has 0 aliphatic rings. The molecule has 0 radical (unpaired) electrons. The van der Waals surface area contributed by atoms with Gasteiger partial charge in [0.2, 0.25) is 0 Å². The Labute approximate surface area is 171 Å². The van der Waals surface area contributed by atoms with Gasteiger partial charge < -0.3 is 5.32 Å². The monoisotopic (exact) mass is 408 g/mol. The first-order chi connectivity index (χ1) is 13.7. The molecular formula is C23H24N2O3S. The van der Waals surface area contributed by atoms with Crippen molar-refractivity contribution in [3.05, 3.63) is 88.5 Å². The van der Waals surface area contributed by atoms with Crippen LogP contribution in [-0.2, 0) is 10.0 Å². The second-order valence-electron chi connectivity index (χ2n) is 7.20. The highest BCUT2D eigenvalue weighted by Crippen LogP contribution is 2.22. The predicted octanol–water partition coefficient (Wildman–Crippen LogP) is 4.97. The van der Waals surface area contributed by atoms with Crippen LogP contribution in [0.3, 0.4) is 0 Å². The largest absolute Gasteiger partial charge is 0.322 e. The van der Waals surface area contributed by atoms with Crippen molar-refractivity contribution in [1.82, 2.24) is 0 Å². The Kier molecular flexibility index (Phi) is 5.75. The molecule has 0 aliphatic carbocycles. The summed E-state index contributed by atoms with van der Waals surface area (Å²) in [5.41, 5.74) is 5.21. The lowest BCUT2D eigenvalue weighted by Crippen LogP contribution is -2.17. The standard InChI is InChI=1S/C23H24N2O3S/c1-15-5-10-20(11-6-15)25-29(27,28)22-14-19(9-7-17(22)3)23(26)24-21-12-8-16(2)18(4)13-21/h5-14,25H,1-4H3,(H,24,26). The number of amides is 1. The van der Waals surface area contributed by atoms with Gasteiger partial charge in [0.15, 0.2) is 0 Å². The van der Waals surface area contributed by atoms with E-state index in [1.54, 1.807) is 31.2 Å². The summed E-state index contributed by atoms with van der Waals surface area (Å²) in [7, 11) is -3.83. The number of carbonyl (C=O) groups is 1. The van der Waals surface area contributed by atoms with E-state index >= 15 is 0 Å². The van der Waals surface area contributed by atoms with E-state index in [0.717, 1.165) is 16.7 Å². The molecule has 0 aliphatic heterocycles. The molecule has 5 nitrogen and oxygen atoms in total. The minimum absolute atomic E-state index is 0.0748. The zero-order valence-electron chi connectivity index (χ0n) is 16.9. The lowest BCUT2D eigenvalue weighted by molar-refractivity contribution is 0.102. The number of carbonyl (C=O) groups excluding carboxylic acids is 1. The number of benzene rings is 3. The van der Waals surface area contributed by atoms with Crippen molar-refractivity contribution in [2.45, 2.75) is 32.6 Å². The number of sulfonamides is 1. The maximum absolute atomic E-state index is 12.9. The Morgan fingerprint density at radius 1 is 0.724 bits per heavy atom. The van der Waals surface area contributed by atoms with E-state index in [-0.39, 0.29) is 16.4 Å². The van der Waals surface area contributed by atoms with Gasteiger partial charge in [-0.3, -0.25) is 9.52 Å². The third kappa shape index (κ3) is 4.84. The number of hydrogen-bond donors (Lipinski definition) is 2. The smallest absolute Gasteiger partial charge is 0.262 e. The topological polar surface area (TPSA) is 75.3 Å². The molecular weight excluding hydrogens is 384 g/mol. The molecule has 0 saturated carbocycles. The first-order valence-corrected chi connectivity index (χ1v) is 10.7. The van der Waals surface area contributed by atoms with Crippen LogP contribution in [0.1, 0.15) is 32.6 Å². The van der Waals surface area contributed by atoms with Crippen LogP contribution in [0.2, 0.25) is 0 Å². The lowest BCUT2D eigenvalue weighted by atomic mass is 10.1. The fraction of sp³-hybridized carbons (Fsp3) is 0.174.